The molecule has 8 heteroatoms. The average molecular weight is 550 g/mol. The molecule has 1 aromatic heterocycles. The number of pyridine rings is 1. The molecule has 1 N–H and O–H groups in total. The fraction of sp³-hybridized carbons (Fsp3) is 0.433. The number of hydrogen-bond acceptors (Lipinski definition) is 3. The van der Waals surface area contributed by atoms with E-state index in [4.69, 9.17) is 4.98 Å². The van der Waals surface area contributed by atoms with Crippen molar-refractivity contribution in [2.75, 3.05) is 5.75 Å². The number of aliphatic hydroxyl groups excluding tert-OH is 1. The molecule has 0 saturated carbocycles. The monoisotopic (exact) mass is 549 g/mol. The van der Waals surface area contributed by atoms with Crippen molar-refractivity contribution in [1.82, 2.24) is 4.98 Å². The van der Waals surface area contributed by atoms with Crippen molar-refractivity contribution in [3.8, 4) is 11.1 Å². The van der Waals surface area contributed by atoms with Gasteiger partial charge in [-0.15, -0.1) is 0 Å². The van der Waals surface area contributed by atoms with Crippen LogP contribution in [0.2, 0.25) is 0 Å². The van der Waals surface area contributed by atoms with Crippen LogP contribution in [0.5, 0.6) is 0 Å². The topological polar surface area (TPSA) is 33.1 Å². The Morgan fingerprint density at radius 3 is 2.26 bits per heavy atom. The van der Waals surface area contributed by atoms with E-state index in [-0.39, 0.29) is 22.3 Å². The third kappa shape index (κ3) is 5.91. The summed E-state index contributed by atoms with van der Waals surface area (Å²) >= 11 is 1.77. The van der Waals surface area contributed by atoms with Gasteiger partial charge in [-0.1, -0.05) is 51.5 Å². The molecule has 2 aromatic carbocycles. The lowest BCUT2D eigenvalue weighted by Gasteiger charge is -2.33. The SMILES string of the molecule is CCCCSC1CCC(O)c2c1nc(C(C)C)c(C(F)c1ccc(C(F)(F)F)cc1)c2-c1ccc(F)cc1. The first-order valence-corrected chi connectivity index (χ1v) is 14.0. The lowest BCUT2D eigenvalue weighted by molar-refractivity contribution is -0.137. The number of rotatable bonds is 8. The van der Waals surface area contributed by atoms with E-state index >= 15 is 4.39 Å². The number of hydrogen-bond donors (Lipinski definition) is 1. The lowest BCUT2D eigenvalue weighted by atomic mass is 9.80. The first-order valence-electron chi connectivity index (χ1n) is 13.0. The quantitative estimate of drug-likeness (QED) is 0.224. The number of fused-ring (bicyclic) bond motifs is 1. The summed E-state index contributed by atoms with van der Waals surface area (Å²) < 4.78 is 69.8. The van der Waals surface area contributed by atoms with Crippen LogP contribution < -0.4 is 0 Å². The van der Waals surface area contributed by atoms with E-state index in [0.717, 1.165) is 55.0 Å². The van der Waals surface area contributed by atoms with Gasteiger partial charge >= 0.3 is 6.18 Å². The second-order valence-corrected chi connectivity index (χ2v) is 11.3. The molecule has 0 aliphatic heterocycles. The Balaban J connectivity index is 1.96. The Morgan fingerprint density at radius 2 is 1.68 bits per heavy atom. The van der Waals surface area contributed by atoms with Crippen molar-refractivity contribution in [2.45, 2.75) is 76.1 Å². The van der Waals surface area contributed by atoms with Crippen LogP contribution >= 0.6 is 11.8 Å². The summed E-state index contributed by atoms with van der Waals surface area (Å²) in [6, 6.07) is 9.71. The van der Waals surface area contributed by atoms with Crippen molar-refractivity contribution >= 4 is 11.8 Å². The Bertz CT molecular complexity index is 1240. The molecule has 1 aliphatic carbocycles. The Morgan fingerprint density at radius 1 is 1.03 bits per heavy atom. The molecule has 0 radical (unpaired) electrons. The van der Waals surface area contributed by atoms with Crippen molar-refractivity contribution in [3.63, 3.8) is 0 Å². The molecule has 0 bridgehead atoms. The van der Waals surface area contributed by atoms with Crippen molar-refractivity contribution < 1.29 is 27.1 Å². The summed E-state index contributed by atoms with van der Waals surface area (Å²) in [5.74, 6) is 0.276. The summed E-state index contributed by atoms with van der Waals surface area (Å²) in [5, 5.41) is 11.2. The average Bonchev–Trinajstić information content (AvgIpc) is 2.88. The van der Waals surface area contributed by atoms with Gasteiger partial charge in [-0.25, -0.2) is 8.78 Å². The Hall–Kier alpha value is -2.45. The van der Waals surface area contributed by atoms with E-state index in [1.807, 2.05) is 13.8 Å². The predicted molar refractivity (Wildman–Crippen MR) is 142 cm³/mol. The standard InChI is InChI=1S/C30H32F5NOS/c1-4-5-16-38-23-15-14-22(37)25-24(18-8-12-21(31)13-9-18)26(28(17(2)3)36-29(23)25)27(32)19-6-10-20(11-7-19)30(33,34)35/h6-13,17,22-23,27,37H,4-5,14-16H2,1-3H3. The molecule has 38 heavy (non-hydrogen) atoms. The third-order valence-electron chi connectivity index (χ3n) is 6.95. The number of unbranched alkanes of at least 4 members (excludes halogenated alkanes) is 1. The molecule has 0 saturated heterocycles. The van der Waals surface area contributed by atoms with Gasteiger partial charge < -0.3 is 5.11 Å². The van der Waals surface area contributed by atoms with E-state index in [1.54, 1.807) is 23.9 Å². The van der Waals surface area contributed by atoms with Crippen LogP contribution in [0.15, 0.2) is 48.5 Å². The van der Waals surface area contributed by atoms with Crippen LogP contribution in [0.25, 0.3) is 11.1 Å². The molecule has 1 heterocycles. The molecule has 3 aromatic rings. The fourth-order valence-corrected chi connectivity index (χ4v) is 6.37. The number of nitrogens with zero attached hydrogens (tertiary/aromatic N) is 1. The van der Waals surface area contributed by atoms with E-state index in [0.29, 0.717) is 28.8 Å². The summed E-state index contributed by atoms with van der Waals surface area (Å²) in [4.78, 5) is 4.96. The number of thioether (sulfide) groups is 1. The second kappa shape index (κ2) is 11.7. The minimum atomic E-state index is -4.53. The van der Waals surface area contributed by atoms with Crippen LogP contribution in [-0.4, -0.2) is 15.8 Å². The summed E-state index contributed by atoms with van der Waals surface area (Å²) in [6.45, 7) is 5.91. The summed E-state index contributed by atoms with van der Waals surface area (Å²) in [6.07, 6.45) is -3.92. The van der Waals surface area contributed by atoms with Crippen molar-refractivity contribution in [2.24, 2.45) is 0 Å². The minimum absolute atomic E-state index is 0.0230. The van der Waals surface area contributed by atoms with Crippen LogP contribution in [0.3, 0.4) is 0 Å². The highest BCUT2D eigenvalue weighted by Gasteiger charge is 2.36. The molecule has 0 spiro atoms. The minimum Gasteiger partial charge on any atom is -0.388 e. The maximum absolute atomic E-state index is 16.5. The van der Waals surface area contributed by atoms with Gasteiger partial charge in [-0.05, 0) is 71.9 Å². The molecule has 204 valence electrons. The van der Waals surface area contributed by atoms with Gasteiger partial charge in [0.05, 0.1) is 23.1 Å². The van der Waals surface area contributed by atoms with Gasteiger partial charge in [0.2, 0.25) is 0 Å². The van der Waals surface area contributed by atoms with Crippen LogP contribution in [0.1, 0.15) is 104 Å². The molecular weight excluding hydrogens is 517 g/mol. The van der Waals surface area contributed by atoms with Gasteiger partial charge in [0.1, 0.15) is 5.82 Å². The van der Waals surface area contributed by atoms with Gasteiger partial charge in [0, 0.05) is 16.4 Å². The van der Waals surface area contributed by atoms with Crippen molar-refractivity contribution in [1.29, 1.82) is 0 Å². The van der Waals surface area contributed by atoms with Crippen molar-refractivity contribution in [3.05, 3.63) is 88.0 Å². The maximum Gasteiger partial charge on any atom is 0.416 e. The van der Waals surface area contributed by atoms with Gasteiger partial charge in [-0.3, -0.25) is 4.98 Å². The van der Waals surface area contributed by atoms with Gasteiger partial charge in [0.15, 0.2) is 6.17 Å². The molecule has 0 amide bonds. The predicted octanol–water partition coefficient (Wildman–Crippen LogP) is 9.49. The smallest absolute Gasteiger partial charge is 0.388 e. The molecule has 2 nitrogen and oxygen atoms in total. The van der Waals surface area contributed by atoms with Crippen LogP contribution in [-0.2, 0) is 6.18 Å². The van der Waals surface area contributed by atoms with Crippen LogP contribution in [0.4, 0.5) is 22.0 Å². The zero-order valence-corrected chi connectivity index (χ0v) is 22.5. The zero-order valence-electron chi connectivity index (χ0n) is 21.7. The van der Waals surface area contributed by atoms with E-state index < -0.39 is 29.8 Å². The fourth-order valence-electron chi connectivity index (χ4n) is 4.99. The second-order valence-electron chi connectivity index (χ2n) is 10.0. The lowest BCUT2D eigenvalue weighted by Crippen LogP contribution is -2.21. The molecule has 4 rings (SSSR count). The Kier molecular flexibility index (Phi) is 8.82. The number of aromatic nitrogens is 1. The molecule has 0 fully saturated rings. The third-order valence-corrected chi connectivity index (χ3v) is 8.34. The molecule has 1 aliphatic rings. The largest absolute Gasteiger partial charge is 0.416 e. The molecular formula is C30H32F5NOS. The molecule has 3 unspecified atom stereocenters. The summed E-state index contributed by atoms with van der Waals surface area (Å²) in [7, 11) is 0. The number of aliphatic hydroxyl groups is 1. The number of alkyl halides is 4. The van der Waals surface area contributed by atoms with E-state index in [1.165, 1.54) is 12.1 Å². The Labute approximate surface area is 224 Å². The maximum atomic E-state index is 16.5. The van der Waals surface area contributed by atoms with Gasteiger partial charge in [-0.2, -0.15) is 24.9 Å². The highest BCUT2D eigenvalue weighted by atomic mass is 32.2. The van der Waals surface area contributed by atoms with Gasteiger partial charge in [0.25, 0.3) is 0 Å². The summed E-state index contributed by atoms with van der Waals surface area (Å²) in [5.41, 5.74) is 2.15. The number of benzene rings is 2. The number of halogens is 5. The first kappa shape index (κ1) is 28.6. The molecule has 3 atom stereocenters. The van der Waals surface area contributed by atoms with E-state index in [9.17, 15) is 22.7 Å². The highest BCUT2D eigenvalue weighted by Crippen LogP contribution is 2.51. The normalized spacial score (nSPS) is 18.5. The zero-order chi connectivity index (χ0) is 27.6. The van der Waals surface area contributed by atoms with Crippen LogP contribution in [0, 0.1) is 5.82 Å². The first-order chi connectivity index (χ1) is 18.0. The highest BCUT2D eigenvalue weighted by molar-refractivity contribution is 7.99. The van der Waals surface area contributed by atoms with E-state index in [2.05, 4.69) is 6.92 Å².